The molecule has 1 amide bonds. The second kappa shape index (κ2) is 10.7. The van der Waals surface area contributed by atoms with Gasteiger partial charge in [0.05, 0.1) is 40.8 Å². The first-order chi connectivity index (χ1) is 16.0. The highest BCUT2D eigenvalue weighted by Crippen LogP contribution is 2.41. The van der Waals surface area contributed by atoms with Crippen molar-refractivity contribution in [2.75, 3.05) is 18.1 Å². The summed E-state index contributed by atoms with van der Waals surface area (Å²) in [6, 6.07) is 7.97. The van der Waals surface area contributed by atoms with Crippen LogP contribution in [0.1, 0.15) is 24.5 Å². The molecule has 0 radical (unpaired) electrons. The van der Waals surface area contributed by atoms with Crippen LogP contribution < -0.4 is 14.4 Å². The molecule has 0 aromatic heterocycles. The molecule has 34 heavy (non-hydrogen) atoms. The van der Waals surface area contributed by atoms with Crippen LogP contribution in [0.2, 0.25) is 5.02 Å². The standard InChI is InChI=1S/C22H17ClF3NO5S2/c1-2-31-17-9-12(3-6-16(17)32-8-7-19(28)29)10-18-20(30)27(21(33)34-18)13-4-5-15(23)14(11-13)22(24,25)26/h3-6,9-11H,2,7-8H2,1H3,(H,28,29)/b18-10+. The molecule has 0 bridgehead atoms. The number of nitrogens with zero attached hydrogens (tertiary/aromatic N) is 1. The molecule has 0 saturated carbocycles. The number of amides is 1. The summed E-state index contributed by atoms with van der Waals surface area (Å²) in [4.78, 5) is 24.9. The number of aliphatic carboxylic acids is 1. The number of thioether (sulfide) groups is 1. The second-order valence-electron chi connectivity index (χ2n) is 6.81. The van der Waals surface area contributed by atoms with E-state index in [4.69, 9.17) is 38.4 Å². The van der Waals surface area contributed by atoms with Crippen molar-refractivity contribution in [1.29, 1.82) is 0 Å². The summed E-state index contributed by atoms with van der Waals surface area (Å²) in [7, 11) is 0. The van der Waals surface area contributed by atoms with Crippen LogP contribution >= 0.6 is 35.6 Å². The van der Waals surface area contributed by atoms with Crippen LogP contribution in [-0.4, -0.2) is 34.5 Å². The van der Waals surface area contributed by atoms with Gasteiger partial charge in [0.1, 0.15) is 0 Å². The molecular weight excluding hydrogens is 515 g/mol. The summed E-state index contributed by atoms with van der Waals surface area (Å²) in [6.07, 6.45) is -3.34. The van der Waals surface area contributed by atoms with E-state index in [1.165, 1.54) is 12.1 Å². The van der Waals surface area contributed by atoms with Gasteiger partial charge in [0, 0.05) is 0 Å². The lowest BCUT2D eigenvalue weighted by Gasteiger charge is -2.17. The van der Waals surface area contributed by atoms with Crippen LogP contribution in [0.4, 0.5) is 18.9 Å². The smallest absolute Gasteiger partial charge is 0.417 e. The Labute approximate surface area is 207 Å². The fourth-order valence-corrected chi connectivity index (χ4v) is 4.49. The topological polar surface area (TPSA) is 76.1 Å². The monoisotopic (exact) mass is 531 g/mol. The molecule has 1 aliphatic heterocycles. The van der Waals surface area contributed by atoms with E-state index in [1.54, 1.807) is 25.1 Å². The Balaban J connectivity index is 1.87. The van der Waals surface area contributed by atoms with Crippen molar-refractivity contribution in [1.82, 2.24) is 0 Å². The van der Waals surface area contributed by atoms with Crippen LogP contribution in [0, 0.1) is 0 Å². The third-order valence-corrected chi connectivity index (χ3v) is 6.08. The van der Waals surface area contributed by atoms with Crippen molar-refractivity contribution in [3.8, 4) is 11.5 Å². The van der Waals surface area contributed by atoms with Gasteiger partial charge < -0.3 is 14.6 Å². The number of carbonyl (C=O) groups is 2. The van der Waals surface area contributed by atoms with E-state index in [2.05, 4.69) is 0 Å². The molecule has 12 heteroatoms. The Bertz CT molecular complexity index is 1170. The number of benzene rings is 2. The highest BCUT2D eigenvalue weighted by Gasteiger charge is 2.37. The average Bonchev–Trinajstić information content (AvgIpc) is 3.02. The largest absolute Gasteiger partial charge is 0.490 e. The number of ether oxygens (including phenoxy) is 2. The van der Waals surface area contributed by atoms with E-state index in [1.807, 2.05) is 0 Å². The molecule has 2 aromatic carbocycles. The van der Waals surface area contributed by atoms with Gasteiger partial charge >= 0.3 is 12.1 Å². The lowest BCUT2D eigenvalue weighted by molar-refractivity contribution is -0.138. The van der Waals surface area contributed by atoms with E-state index >= 15 is 0 Å². The first kappa shape index (κ1) is 25.9. The van der Waals surface area contributed by atoms with Gasteiger partial charge in [-0.2, -0.15) is 13.2 Å². The number of alkyl halides is 3. The molecule has 0 spiro atoms. The normalized spacial score (nSPS) is 15.2. The molecule has 1 saturated heterocycles. The minimum atomic E-state index is -4.69. The molecule has 1 heterocycles. The van der Waals surface area contributed by atoms with Gasteiger partial charge in [-0.15, -0.1) is 0 Å². The molecule has 6 nitrogen and oxygen atoms in total. The quantitative estimate of drug-likeness (QED) is 0.330. The first-order valence-corrected chi connectivity index (χ1v) is 11.4. The summed E-state index contributed by atoms with van der Waals surface area (Å²) in [5, 5.41) is 8.28. The second-order valence-corrected chi connectivity index (χ2v) is 8.89. The third kappa shape index (κ3) is 6.02. The van der Waals surface area contributed by atoms with Crippen molar-refractivity contribution in [3.63, 3.8) is 0 Å². The van der Waals surface area contributed by atoms with Gasteiger partial charge in [-0.3, -0.25) is 14.5 Å². The van der Waals surface area contributed by atoms with Crippen LogP contribution in [-0.2, 0) is 15.8 Å². The van der Waals surface area contributed by atoms with Gasteiger partial charge in [0.15, 0.2) is 15.8 Å². The Hall–Kier alpha value is -2.76. The van der Waals surface area contributed by atoms with E-state index in [0.717, 1.165) is 28.8 Å². The maximum Gasteiger partial charge on any atom is 0.417 e. The van der Waals surface area contributed by atoms with Gasteiger partial charge in [-0.05, 0) is 48.9 Å². The van der Waals surface area contributed by atoms with E-state index in [9.17, 15) is 22.8 Å². The molecular formula is C22H17ClF3NO5S2. The summed E-state index contributed by atoms with van der Waals surface area (Å²) in [6.45, 7) is 2.04. The summed E-state index contributed by atoms with van der Waals surface area (Å²) in [5.41, 5.74) is -0.550. The summed E-state index contributed by atoms with van der Waals surface area (Å²) >= 11 is 11.9. The molecule has 2 aromatic rings. The fourth-order valence-electron chi connectivity index (χ4n) is 2.96. The van der Waals surface area contributed by atoms with E-state index in [-0.39, 0.29) is 27.9 Å². The maximum atomic E-state index is 13.2. The molecule has 180 valence electrons. The predicted molar refractivity (Wildman–Crippen MR) is 127 cm³/mol. The van der Waals surface area contributed by atoms with E-state index in [0.29, 0.717) is 23.7 Å². The number of halogens is 4. The lowest BCUT2D eigenvalue weighted by Crippen LogP contribution is -2.27. The van der Waals surface area contributed by atoms with Crippen LogP contribution in [0.25, 0.3) is 6.08 Å². The zero-order valence-corrected chi connectivity index (χ0v) is 19.9. The number of anilines is 1. The number of carboxylic acids is 1. The van der Waals surface area contributed by atoms with E-state index < -0.39 is 28.6 Å². The van der Waals surface area contributed by atoms with Crippen molar-refractivity contribution in [2.24, 2.45) is 0 Å². The Kier molecular flexibility index (Phi) is 8.11. The van der Waals surface area contributed by atoms with Crippen molar-refractivity contribution in [3.05, 3.63) is 57.5 Å². The summed E-state index contributed by atoms with van der Waals surface area (Å²) in [5.74, 6) is -0.886. The minimum Gasteiger partial charge on any atom is -0.490 e. The van der Waals surface area contributed by atoms with Crippen molar-refractivity contribution in [2.45, 2.75) is 19.5 Å². The number of thiocarbonyl (C=S) groups is 1. The number of carboxylic acid groups (broad SMARTS) is 1. The number of hydrogen-bond donors (Lipinski definition) is 1. The molecule has 1 fully saturated rings. The third-order valence-electron chi connectivity index (χ3n) is 4.45. The molecule has 0 atom stereocenters. The maximum absolute atomic E-state index is 13.2. The average molecular weight is 532 g/mol. The van der Waals surface area contributed by atoms with Gasteiger partial charge in [0.25, 0.3) is 5.91 Å². The van der Waals surface area contributed by atoms with Gasteiger partial charge in [0.2, 0.25) is 0 Å². The fraction of sp³-hybridized carbons (Fsp3) is 0.227. The Morgan fingerprint density at radius 1 is 1.21 bits per heavy atom. The van der Waals surface area contributed by atoms with Crippen LogP contribution in [0.5, 0.6) is 11.5 Å². The van der Waals surface area contributed by atoms with Crippen molar-refractivity contribution >= 4 is 63.5 Å². The number of carbonyl (C=O) groups excluding carboxylic acids is 1. The van der Waals surface area contributed by atoms with Gasteiger partial charge in [-0.25, -0.2) is 0 Å². The minimum absolute atomic E-state index is 0.0418. The molecule has 0 aliphatic carbocycles. The zero-order valence-electron chi connectivity index (χ0n) is 17.5. The first-order valence-electron chi connectivity index (χ1n) is 9.77. The van der Waals surface area contributed by atoms with Crippen molar-refractivity contribution < 1.29 is 37.3 Å². The van der Waals surface area contributed by atoms with Crippen LogP contribution in [0.3, 0.4) is 0 Å². The zero-order chi connectivity index (χ0) is 25.0. The summed E-state index contributed by atoms with van der Waals surface area (Å²) < 4.78 is 50.8. The molecule has 3 rings (SSSR count). The highest BCUT2D eigenvalue weighted by atomic mass is 35.5. The van der Waals surface area contributed by atoms with Gasteiger partial charge in [-0.1, -0.05) is 41.6 Å². The Morgan fingerprint density at radius 2 is 1.94 bits per heavy atom. The Morgan fingerprint density at radius 3 is 2.59 bits per heavy atom. The number of rotatable bonds is 8. The highest BCUT2D eigenvalue weighted by molar-refractivity contribution is 8.27. The van der Waals surface area contributed by atoms with Crippen LogP contribution in [0.15, 0.2) is 41.3 Å². The molecule has 1 aliphatic rings. The predicted octanol–water partition coefficient (Wildman–Crippen LogP) is 6.02. The SMILES string of the molecule is CCOc1cc(/C=C2/SC(=S)N(c3ccc(Cl)c(C(F)(F)F)c3)C2=O)ccc1OCCC(=O)O. The molecule has 1 N–H and O–H groups in total. The lowest BCUT2D eigenvalue weighted by atomic mass is 10.1. The number of hydrogen-bond acceptors (Lipinski definition) is 6. The molecule has 0 unspecified atom stereocenters.